The zero-order chi connectivity index (χ0) is 14.7. The van der Waals surface area contributed by atoms with E-state index in [4.69, 9.17) is 0 Å². The molecule has 0 atom stereocenters. The predicted octanol–water partition coefficient (Wildman–Crippen LogP) is 2.09. The summed E-state index contributed by atoms with van der Waals surface area (Å²) in [7, 11) is 0. The van der Waals surface area contributed by atoms with Gasteiger partial charge >= 0.3 is 0 Å². The third-order valence-corrected chi connectivity index (χ3v) is 3.28. The maximum Gasteiger partial charge on any atom is 0.183 e. The number of phenolic OH excluding ortho intramolecular Hbond substituents is 1. The van der Waals surface area contributed by atoms with Crippen LogP contribution in [0.25, 0.3) is 11.2 Å². The number of phenols is 1. The highest BCUT2D eigenvalue weighted by atomic mass is 16.3. The topological polar surface area (TPSA) is 83.8 Å². The highest BCUT2D eigenvalue weighted by molar-refractivity contribution is 5.81. The quantitative estimate of drug-likeness (QED) is 0.762. The number of anilines is 1. The van der Waals surface area contributed by atoms with Crippen molar-refractivity contribution in [3.63, 3.8) is 0 Å². The number of hydrogen-bond donors (Lipinski definition) is 2. The van der Waals surface area contributed by atoms with Crippen LogP contribution in [0.4, 0.5) is 5.82 Å². The molecular weight excluding hydrogens is 266 g/mol. The van der Waals surface area contributed by atoms with Gasteiger partial charge in [-0.2, -0.15) is 0 Å². The van der Waals surface area contributed by atoms with Gasteiger partial charge in [-0.05, 0) is 36.6 Å². The van der Waals surface area contributed by atoms with Crippen LogP contribution in [0.15, 0.2) is 36.9 Å². The van der Waals surface area contributed by atoms with Gasteiger partial charge in [0.2, 0.25) is 0 Å². The minimum absolute atomic E-state index is 0.293. The van der Waals surface area contributed by atoms with E-state index in [0.29, 0.717) is 29.3 Å². The second kappa shape index (κ2) is 5.70. The maximum atomic E-state index is 9.41. The van der Waals surface area contributed by atoms with Crippen molar-refractivity contribution >= 4 is 17.0 Å². The Morgan fingerprint density at radius 3 is 2.81 bits per heavy atom. The molecule has 0 amide bonds. The molecule has 106 valence electrons. The van der Waals surface area contributed by atoms with Crippen LogP contribution in [0.1, 0.15) is 11.1 Å². The summed E-state index contributed by atoms with van der Waals surface area (Å²) in [5.41, 5.74) is 3.51. The van der Waals surface area contributed by atoms with E-state index in [9.17, 15) is 5.11 Å². The summed E-state index contributed by atoms with van der Waals surface area (Å²) in [6.45, 7) is 2.70. The molecule has 2 aromatic heterocycles. The van der Waals surface area contributed by atoms with Gasteiger partial charge in [0.1, 0.15) is 17.6 Å². The SMILES string of the molecule is Cc1cc(O)ccc1CCNc1ncnc2nccnc12. The predicted molar refractivity (Wildman–Crippen MR) is 80.2 cm³/mol. The van der Waals surface area contributed by atoms with Gasteiger partial charge in [0.25, 0.3) is 0 Å². The van der Waals surface area contributed by atoms with Gasteiger partial charge in [-0.25, -0.2) is 19.9 Å². The Labute approximate surface area is 121 Å². The fourth-order valence-electron chi connectivity index (χ4n) is 2.20. The van der Waals surface area contributed by atoms with Crippen LogP contribution in [-0.4, -0.2) is 31.6 Å². The zero-order valence-electron chi connectivity index (χ0n) is 11.6. The first kappa shape index (κ1) is 13.2. The maximum absolute atomic E-state index is 9.41. The lowest BCUT2D eigenvalue weighted by Crippen LogP contribution is -2.08. The van der Waals surface area contributed by atoms with Crippen LogP contribution in [0.2, 0.25) is 0 Å². The first-order valence-corrected chi connectivity index (χ1v) is 6.68. The van der Waals surface area contributed by atoms with Crippen molar-refractivity contribution in [2.45, 2.75) is 13.3 Å². The van der Waals surface area contributed by atoms with Gasteiger partial charge in [0.15, 0.2) is 11.5 Å². The number of hydrogen-bond acceptors (Lipinski definition) is 6. The average molecular weight is 281 g/mol. The molecule has 6 nitrogen and oxygen atoms in total. The molecule has 2 heterocycles. The molecule has 3 aromatic rings. The number of fused-ring (bicyclic) bond motifs is 1. The first-order chi connectivity index (χ1) is 10.2. The fourth-order valence-corrected chi connectivity index (χ4v) is 2.20. The molecule has 6 heteroatoms. The molecule has 2 N–H and O–H groups in total. The van der Waals surface area contributed by atoms with E-state index in [1.165, 1.54) is 11.9 Å². The van der Waals surface area contributed by atoms with Crippen molar-refractivity contribution in [1.82, 2.24) is 19.9 Å². The molecule has 0 saturated heterocycles. The Morgan fingerprint density at radius 2 is 1.95 bits per heavy atom. The van der Waals surface area contributed by atoms with Crippen molar-refractivity contribution < 1.29 is 5.11 Å². The molecule has 0 saturated carbocycles. The lowest BCUT2D eigenvalue weighted by atomic mass is 10.1. The molecule has 3 rings (SSSR count). The van der Waals surface area contributed by atoms with Gasteiger partial charge < -0.3 is 10.4 Å². The summed E-state index contributed by atoms with van der Waals surface area (Å²) in [4.78, 5) is 16.7. The average Bonchev–Trinajstić information content (AvgIpc) is 2.50. The van der Waals surface area contributed by atoms with E-state index < -0.39 is 0 Å². The van der Waals surface area contributed by atoms with Crippen molar-refractivity contribution in [2.75, 3.05) is 11.9 Å². The smallest absolute Gasteiger partial charge is 0.183 e. The van der Waals surface area contributed by atoms with Crippen LogP contribution in [0, 0.1) is 6.92 Å². The molecule has 0 radical (unpaired) electrons. The molecule has 21 heavy (non-hydrogen) atoms. The Morgan fingerprint density at radius 1 is 1.10 bits per heavy atom. The third kappa shape index (κ3) is 2.89. The molecule has 0 aliphatic rings. The van der Waals surface area contributed by atoms with Crippen LogP contribution < -0.4 is 5.32 Å². The standard InChI is InChI=1S/C15H15N5O/c1-10-8-12(21)3-2-11(10)4-5-17-14-13-15(20-9-19-14)18-7-6-16-13/h2-3,6-9,21H,4-5H2,1H3,(H,17,18,19,20). The number of benzene rings is 1. The molecule has 0 unspecified atom stereocenters. The highest BCUT2D eigenvalue weighted by Gasteiger charge is 2.05. The minimum atomic E-state index is 0.293. The third-order valence-electron chi connectivity index (χ3n) is 3.28. The molecule has 0 bridgehead atoms. The van der Waals surface area contributed by atoms with Crippen molar-refractivity contribution in [3.05, 3.63) is 48.0 Å². The van der Waals surface area contributed by atoms with Crippen molar-refractivity contribution in [2.24, 2.45) is 0 Å². The zero-order valence-corrected chi connectivity index (χ0v) is 11.6. The van der Waals surface area contributed by atoms with Crippen molar-refractivity contribution in [3.8, 4) is 5.75 Å². The summed E-state index contributed by atoms with van der Waals surface area (Å²) in [5.74, 6) is 0.978. The number of aromatic hydroxyl groups is 1. The lowest BCUT2D eigenvalue weighted by Gasteiger charge is -2.09. The van der Waals surface area contributed by atoms with Crippen LogP contribution in [0.3, 0.4) is 0 Å². The number of nitrogens with one attached hydrogen (secondary N) is 1. The normalized spacial score (nSPS) is 10.7. The molecule has 0 fully saturated rings. The van der Waals surface area contributed by atoms with Crippen LogP contribution >= 0.6 is 0 Å². The summed E-state index contributed by atoms with van der Waals surface area (Å²) in [6.07, 6.45) is 5.54. The highest BCUT2D eigenvalue weighted by Crippen LogP contribution is 2.17. The van der Waals surface area contributed by atoms with Gasteiger partial charge in [-0.3, -0.25) is 0 Å². The summed E-state index contributed by atoms with van der Waals surface area (Å²) < 4.78 is 0. The number of aryl methyl sites for hydroxylation is 1. The Bertz CT molecular complexity index is 770. The van der Waals surface area contributed by atoms with Gasteiger partial charge in [-0.1, -0.05) is 6.07 Å². The van der Waals surface area contributed by atoms with E-state index in [-0.39, 0.29) is 0 Å². The van der Waals surface area contributed by atoms with E-state index in [1.807, 2.05) is 13.0 Å². The molecule has 0 aliphatic carbocycles. The Hall–Kier alpha value is -2.76. The molecular formula is C15H15N5O. The monoisotopic (exact) mass is 281 g/mol. The van der Waals surface area contributed by atoms with E-state index >= 15 is 0 Å². The van der Waals surface area contributed by atoms with Crippen LogP contribution in [-0.2, 0) is 6.42 Å². The van der Waals surface area contributed by atoms with Gasteiger partial charge in [-0.15, -0.1) is 0 Å². The molecule has 1 aromatic carbocycles. The minimum Gasteiger partial charge on any atom is -0.508 e. The number of rotatable bonds is 4. The Kier molecular flexibility index (Phi) is 3.59. The van der Waals surface area contributed by atoms with Crippen molar-refractivity contribution in [1.29, 1.82) is 0 Å². The van der Waals surface area contributed by atoms with Crippen LogP contribution in [0.5, 0.6) is 5.75 Å². The van der Waals surface area contributed by atoms with E-state index in [0.717, 1.165) is 12.0 Å². The van der Waals surface area contributed by atoms with Gasteiger partial charge in [0.05, 0.1) is 0 Å². The fraction of sp³-hybridized carbons (Fsp3) is 0.200. The second-order valence-corrected chi connectivity index (χ2v) is 4.74. The number of aromatic nitrogens is 4. The first-order valence-electron chi connectivity index (χ1n) is 6.68. The second-order valence-electron chi connectivity index (χ2n) is 4.74. The largest absolute Gasteiger partial charge is 0.508 e. The lowest BCUT2D eigenvalue weighted by molar-refractivity contribution is 0.474. The molecule has 0 spiro atoms. The Balaban J connectivity index is 1.72. The summed E-state index contributed by atoms with van der Waals surface area (Å²) >= 11 is 0. The van der Waals surface area contributed by atoms with E-state index in [1.54, 1.807) is 24.5 Å². The summed E-state index contributed by atoms with van der Waals surface area (Å²) in [5, 5.41) is 12.7. The van der Waals surface area contributed by atoms with Gasteiger partial charge in [0, 0.05) is 18.9 Å². The summed E-state index contributed by atoms with van der Waals surface area (Å²) in [6, 6.07) is 5.40. The molecule has 0 aliphatic heterocycles. The number of nitrogens with zero attached hydrogens (tertiary/aromatic N) is 4. The van der Waals surface area contributed by atoms with E-state index in [2.05, 4.69) is 25.3 Å².